The predicted molar refractivity (Wildman–Crippen MR) is 86.7 cm³/mol. The highest BCUT2D eigenvalue weighted by Crippen LogP contribution is 2.15. The molecule has 2 N–H and O–H groups in total. The highest BCUT2D eigenvalue weighted by atomic mass is 32.2. The van der Waals surface area contributed by atoms with E-state index < -0.39 is 15.8 Å². The zero-order valence-electron chi connectivity index (χ0n) is 13.7. The first-order valence-corrected chi connectivity index (χ1v) is 8.81. The van der Waals surface area contributed by atoms with Crippen molar-refractivity contribution in [2.45, 2.75) is 30.7 Å². The summed E-state index contributed by atoms with van der Waals surface area (Å²) in [7, 11) is -0.554. The normalized spacial score (nSPS) is 13.1. The van der Waals surface area contributed by atoms with E-state index in [9.17, 15) is 17.6 Å². The van der Waals surface area contributed by atoms with Crippen molar-refractivity contribution < 1.29 is 17.6 Å². The lowest BCUT2D eigenvalue weighted by atomic mass is 10.2. The van der Waals surface area contributed by atoms with Gasteiger partial charge in [-0.3, -0.25) is 4.79 Å². The van der Waals surface area contributed by atoms with Crippen LogP contribution >= 0.6 is 0 Å². The van der Waals surface area contributed by atoms with Gasteiger partial charge in [-0.15, -0.1) is 0 Å². The van der Waals surface area contributed by atoms with Crippen LogP contribution in [-0.2, 0) is 14.8 Å². The minimum atomic E-state index is -3.67. The first-order chi connectivity index (χ1) is 10.7. The molecule has 0 aliphatic rings. The van der Waals surface area contributed by atoms with Crippen molar-refractivity contribution in [2.24, 2.45) is 5.73 Å². The third kappa shape index (κ3) is 5.26. The highest BCUT2D eigenvalue weighted by Gasteiger charge is 2.21. The average Bonchev–Trinajstić information content (AvgIpc) is 2.53. The van der Waals surface area contributed by atoms with Crippen LogP contribution in [0.15, 0.2) is 29.2 Å². The minimum absolute atomic E-state index is 0.0293. The van der Waals surface area contributed by atoms with Gasteiger partial charge in [0.1, 0.15) is 5.82 Å². The average molecular weight is 345 g/mol. The lowest BCUT2D eigenvalue weighted by Crippen LogP contribution is -2.40. The SMILES string of the molecule is CC(CN)N(C)C(=O)CCCN(C)S(=O)(=O)c1ccc(F)cc1. The number of rotatable bonds is 8. The molecule has 0 saturated heterocycles. The summed E-state index contributed by atoms with van der Waals surface area (Å²) in [6.45, 7) is 2.43. The van der Waals surface area contributed by atoms with E-state index in [0.29, 0.717) is 13.0 Å². The number of halogens is 1. The summed E-state index contributed by atoms with van der Waals surface area (Å²) in [5.41, 5.74) is 5.51. The van der Waals surface area contributed by atoms with Crippen LogP contribution in [-0.4, -0.2) is 56.8 Å². The quantitative estimate of drug-likeness (QED) is 0.763. The smallest absolute Gasteiger partial charge is 0.242 e. The Bertz CT molecular complexity index is 619. The first kappa shape index (κ1) is 19.5. The molecular weight excluding hydrogens is 321 g/mol. The van der Waals surface area contributed by atoms with Gasteiger partial charge in [-0.2, -0.15) is 0 Å². The molecular formula is C15H24FN3O3S. The number of hydrogen-bond acceptors (Lipinski definition) is 4. The summed E-state index contributed by atoms with van der Waals surface area (Å²) in [6.07, 6.45) is 0.640. The van der Waals surface area contributed by atoms with Gasteiger partial charge >= 0.3 is 0 Å². The molecule has 0 radical (unpaired) electrons. The summed E-state index contributed by atoms with van der Waals surface area (Å²) in [6, 6.07) is 4.61. The Morgan fingerprint density at radius 3 is 2.35 bits per heavy atom. The van der Waals surface area contributed by atoms with Crippen LogP contribution in [0.1, 0.15) is 19.8 Å². The van der Waals surface area contributed by atoms with Gasteiger partial charge in [-0.25, -0.2) is 17.1 Å². The molecule has 0 aliphatic heterocycles. The zero-order valence-corrected chi connectivity index (χ0v) is 14.5. The monoisotopic (exact) mass is 345 g/mol. The molecule has 1 atom stereocenters. The van der Waals surface area contributed by atoms with Crippen LogP contribution in [0, 0.1) is 5.82 Å². The van der Waals surface area contributed by atoms with Crippen molar-refractivity contribution in [3.05, 3.63) is 30.1 Å². The number of amides is 1. The Morgan fingerprint density at radius 2 is 1.83 bits per heavy atom. The molecule has 1 aromatic rings. The molecule has 1 aromatic carbocycles. The fourth-order valence-electron chi connectivity index (χ4n) is 1.94. The lowest BCUT2D eigenvalue weighted by Gasteiger charge is -2.24. The van der Waals surface area contributed by atoms with Crippen LogP contribution in [0.4, 0.5) is 4.39 Å². The number of carbonyl (C=O) groups excluding carboxylic acids is 1. The second-order valence-corrected chi connectivity index (χ2v) is 7.52. The third-order valence-corrected chi connectivity index (χ3v) is 5.65. The van der Waals surface area contributed by atoms with Gasteiger partial charge in [0, 0.05) is 39.6 Å². The van der Waals surface area contributed by atoms with Gasteiger partial charge in [0.2, 0.25) is 15.9 Å². The van der Waals surface area contributed by atoms with Gasteiger partial charge in [-0.05, 0) is 37.6 Å². The fourth-order valence-corrected chi connectivity index (χ4v) is 3.15. The van der Waals surface area contributed by atoms with E-state index in [4.69, 9.17) is 5.73 Å². The Morgan fingerprint density at radius 1 is 1.26 bits per heavy atom. The van der Waals surface area contributed by atoms with E-state index in [0.717, 1.165) is 12.1 Å². The molecule has 0 spiro atoms. The molecule has 6 nitrogen and oxygen atoms in total. The molecule has 23 heavy (non-hydrogen) atoms. The molecule has 0 aromatic heterocycles. The molecule has 0 bridgehead atoms. The van der Waals surface area contributed by atoms with Crippen LogP contribution in [0.2, 0.25) is 0 Å². The van der Waals surface area contributed by atoms with Crippen molar-refractivity contribution in [1.82, 2.24) is 9.21 Å². The highest BCUT2D eigenvalue weighted by molar-refractivity contribution is 7.89. The second-order valence-electron chi connectivity index (χ2n) is 5.47. The molecule has 130 valence electrons. The van der Waals surface area contributed by atoms with E-state index in [-0.39, 0.29) is 29.8 Å². The molecule has 0 fully saturated rings. The van der Waals surface area contributed by atoms with E-state index >= 15 is 0 Å². The van der Waals surface area contributed by atoms with Gasteiger partial charge in [0.05, 0.1) is 4.90 Å². The van der Waals surface area contributed by atoms with Gasteiger partial charge in [-0.1, -0.05) is 0 Å². The Labute approximate surface area is 137 Å². The second kappa shape index (κ2) is 8.37. The van der Waals surface area contributed by atoms with Crippen LogP contribution < -0.4 is 5.73 Å². The molecule has 8 heteroatoms. The van der Waals surface area contributed by atoms with E-state index in [1.165, 1.54) is 23.5 Å². The molecule has 1 amide bonds. The Balaban J connectivity index is 2.58. The van der Waals surface area contributed by atoms with Gasteiger partial charge in [0.25, 0.3) is 0 Å². The molecule has 1 unspecified atom stereocenters. The minimum Gasteiger partial charge on any atom is -0.342 e. The van der Waals surface area contributed by atoms with Crippen LogP contribution in [0.25, 0.3) is 0 Å². The van der Waals surface area contributed by atoms with Crippen molar-refractivity contribution >= 4 is 15.9 Å². The van der Waals surface area contributed by atoms with Crippen molar-refractivity contribution in [3.8, 4) is 0 Å². The maximum Gasteiger partial charge on any atom is 0.242 e. The summed E-state index contributed by atoms with van der Waals surface area (Å²) >= 11 is 0. The number of sulfonamides is 1. The van der Waals surface area contributed by atoms with Gasteiger partial charge in [0.15, 0.2) is 0 Å². The molecule has 0 saturated carbocycles. The van der Waals surface area contributed by atoms with E-state index in [1.54, 1.807) is 11.9 Å². The van der Waals surface area contributed by atoms with Crippen LogP contribution in [0.3, 0.4) is 0 Å². The van der Waals surface area contributed by atoms with Gasteiger partial charge < -0.3 is 10.6 Å². The summed E-state index contributed by atoms with van der Waals surface area (Å²) in [5.74, 6) is -0.565. The number of likely N-dealkylation sites (N-methyl/N-ethyl adjacent to an activating group) is 1. The van der Waals surface area contributed by atoms with Crippen molar-refractivity contribution in [2.75, 3.05) is 27.2 Å². The Hall–Kier alpha value is -1.51. The zero-order chi connectivity index (χ0) is 17.6. The number of benzene rings is 1. The third-order valence-electron chi connectivity index (χ3n) is 3.78. The van der Waals surface area contributed by atoms with E-state index in [2.05, 4.69) is 0 Å². The topological polar surface area (TPSA) is 83.7 Å². The lowest BCUT2D eigenvalue weighted by molar-refractivity contribution is -0.131. The molecule has 0 heterocycles. The number of carbonyl (C=O) groups is 1. The van der Waals surface area contributed by atoms with E-state index in [1.807, 2.05) is 6.92 Å². The largest absolute Gasteiger partial charge is 0.342 e. The summed E-state index contributed by atoms with van der Waals surface area (Å²) in [5, 5.41) is 0. The number of nitrogens with two attached hydrogens (primary N) is 1. The Kier molecular flexibility index (Phi) is 7.11. The van der Waals surface area contributed by atoms with Crippen molar-refractivity contribution in [1.29, 1.82) is 0 Å². The number of hydrogen-bond donors (Lipinski definition) is 1. The molecule has 0 aliphatic carbocycles. The fraction of sp³-hybridized carbons (Fsp3) is 0.533. The summed E-state index contributed by atoms with van der Waals surface area (Å²) < 4.78 is 38.6. The molecule has 1 rings (SSSR count). The maximum absolute atomic E-state index is 12.9. The first-order valence-electron chi connectivity index (χ1n) is 7.37. The maximum atomic E-state index is 12.9. The predicted octanol–water partition coefficient (Wildman–Crippen LogP) is 1.03. The number of nitrogens with zero attached hydrogens (tertiary/aromatic N) is 2. The van der Waals surface area contributed by atoms with Crippen LogP contribution in [0.5, 0.6) is 0 Å². The van der Waals surface area contributed by atoms with Crippen molar-refractivity contribution in [3.63, 3.8) is 0 Å². The summed E-state index contributed by atoms with van der Waals surface area (Å²) in [4.78, 5) is 13.5. The standard InChI is InChI=1S/C15H24FN3O3S/c1-12(11-17)19(3)15(20)5-4-10-18(2)23(21,22)14-8-6-13(16)7-9-14/h6-9,12H,4-5,10-11,17H2,1-3H3.